The molecular weight excluding hydrogens is 234 g/mol. The van der Waals surface area contributed by atoms with Crippen LogP contribution in [0.5, 0.6) is 0 Å². The Balaban J connectivity index is 1.84. The zero-order valence-electron chi connectivity index (χ0n) is 10.4. The highest BCUT2D eigenvalue weighted by atomic mass is 32.1. The maximum Gasteiger partial charge on any atom is 0.317 e. The van der Waals surface area contributed by atoms with Crippen LogP contribution in [0.3, 0.4) is 0 Å². The minimum absolute atomic E-state index is 0.0443. The van der Waals surface area contributed by atoms with E-state index in [1.807, 2.05) is 17.2 Å². The van der Waals surface area contributed by atoms with Gasteiger partial charge in [0.05, 0.1) is 17.2 Å². The molecule has 2 rings (SSSR count). The minimum atomic E-state index is 0.0443. The Morgan fingerprint density at radius 2 is 2.47 bits per heavy atom. The number of nitrogens with zero attached hydrogens (tertiary/aromatic N) is 2. The lowest BCUT2D eigenvalue weighted by atomic mass is 10.0. The van der Waals surface area contributed by atoms with Crippen molar-refractivity contribution in [2.45, 2.75) is 45.7 Å². The molecule has 1 fully saturated rings. The Morgan fingerprint density at radius 1 is 1.65 bits per heavy atom. The molecule has 5 heteroatoms. The zero-order valence-corrected chi connectivity index (χ0v) is 11.2. The van der Waals surface area contributed by atoms with Crippen LogP contribution in [0.2, 0.25) is 0 Å². The number of urea groups is 1. The molecule has 2 heterocycles. The van der Waals surface area contributed by atoms with Crippen LogP contribution in [0, 0.1) is 6.92 Å². The van der Waals surface area contributed by atoms with Crippen molar-refractivity contribution in [1.29, 1.82) is 0 Å². The van der Waals surface area contributed by atoms with Crippen molar-refractivity contribution in [3.8, 4) is 0 Å². The summed E-state index contributed by atoms with van der Waals surface area (Å²) in [5, 5.41) is 5.98. The first kappa shape index (κ1) is 12.4. The molecule has 0 aromatic carbocycles. The molecule has 1 N–H and O–H groups in total. The fraction of sp³-hybridized carbons (Fsp3) is 0.667. The Morgan fingerprint density at radius 3 is 3.12 bits per heavy atom. The van der Waals surface area contributed by atoms with Crippen LogP contribution in [-0.4, -0.2) is 28.5 Å². The van der Waals surface area contributed by atoms with E-state index in [1.165, 1.54) is 6.42 Å². The predicted octanol–water partition coefficient (Wildman–Crippen LogP) is 2.54. The van der Waals surface area contributed by atoms with E-state index >= 15 is 0 Å². The summed E-state index contributed by atoms with van der Waals surface area (Å²) in [6.45, 7) is 5.50. The van der Waals surface area contributed by atoms with Gasteiger partial charge in [0.2, 0.25) is 0 Å². The van der Waals surface area contributed by atoms with Crippen LogP contribution in [0.25, 0.3) is 0 Å². The van der Waals surface area contributed by atoms with Gasteiger partial charge >= 0.3 is 6.03 Å². The zero-order chi connectivity index (χ0) is 12.3. The van der Waals surface area contributed by atoms with Gasteiger partial charge in [-0.3, -0.25) is 0 Å². The van der Waals surface area contributed by atoms with Crippen molar-refractivity contribution in [1.82, 2.24) is 15.2 Å². The molecule has 1 aliphatic rings. The number of thiazole rings is 1. The first-order valence-corrected chi connectivity index (χ1v) is 7.00. The molecular formula is C12H19N3OS. The third-order valence-electron chi connectivity index (χ3n) is 3.15. The number of piperidine rings is 1. The van der Waals surface area contributed by atoms with Crippen LogP contribution >= 0.6 is 11.3 Å². The molecule has 1 atom stereocenters. The highest BCUT2D eigenvalue weighted by Crippen LogP contribution is 2.16. The molecule has 4 nitrogen and oxygen atoms in total. The van der Waals surface area contributed by atoms with Crippen LogP contribution in [0.1, 0.15) is 36.9 Å². The number of rotatable bonds is 2. The van der Waals surface area contributed by atoms with E-state index in [-0.39, 0.29) is 6.03 Å². The fourth-order valence-electron chi connectivity index (χ4n) is 2.16. The second kappa shape index (κ2) is 5.49. The molecule has 0 aliphatic carbocycles. The lowest BCUT2D eigenvalue weighted by molar-refractivity contribution is 0.157. The van der Waals surface area contributed by atoms with E-state index in [1.54, 1.807) is 11.3 Å². The highest BCUT2D eigenvalue weighted by Gasteiger charge is 2.22. The number of likely N-dealkylation sites (tertiary alicyclic amines) is 1. The number of aromatic nitrogens is 1. The molecule has 0 unspecified atom stereocenters. The quantitative estimate of drug-likeness (QED) is 0.880. The fourth-order valence-corrected chi connectivity index (χ4v) is 2.77. The van der Waals surface area contributed by atoms with E-state index in [4.69, 9.17) is 0 Å². The normalized spacial score (nSPS) is 20.4. The van der Waals surface area contributed by atoms with Crippen molar-refractivity contribution in [2.75, 3.05) is 6.54 Å². The van der Waals surface area contributed by atoms with Gasteiger partial charge in [-0.15, -0.1) is 11.3 Å². The topological polar surface area (TPSA) is 45.2 Å². The molecule has 1 aromatic rings. The molecule has 0 saturated carbocycles. The summed E-state index contributed by atoms with van der Waals surface area (Å²) < 4.78 is 0. The summed E-state index contributed by atoms with van der Waals surface area (Å²) >= 11 is 1.62. The molecule has 0 bridgehead atoms. The van der Waals surface area contributed by atoms with Crippen LogP contribution in [-0.2, 0) is 6.54 Å². The number of aryl methyl sites for hydroxylation is 1. The smallest absolute Gasteiger partial charge is 0.317 e. The lowest BCUT2D eigenvalue weighted by Crippen LogP contribution is -2.47. The van der Waals surface area contributed by atoms with Crippen molar-refractivity contribution >= 4 is 17.4 Å². The predicted molar refractivity (Wildman–Crippen MR) is 69.1 cm³/mol. The van der Waals surface area contributed by atoms with Crippen molar-refractivity contribution in [3.63, 3.8) is 0 Å². The Kier molecular flexibility index (Phi) is 3.99. The van der Waals surface area contributed by atoms with Crippen molar-refractivity contribution in [2.24, 2.45) is 0 Å². The second-order valence-electron chi connectivity index (χ2n) is 4.55. The Bertz CT molecular complexity index is 391. The number of carbonyl (C=O) groups excluding carboxylic acids is 1. The van der Waals surface area contributed by atoms with Crippen LogP contribution in [0.15, 0.2) is 5.38 Å². The average Bonchev–Trinajstić information content (AvgIpc) is 2.73. The number of nitrogens with one attached hydrogen (secondary N) is 1. The first-order valence-electron chi connectivity index (χ1n) is 6.12. The molecule has 2 amide bonds. The molecule has 1 saturated heterocycles. The van der Waals surface area contributed by atoms with Crippen molar-refractivity contribution < 1.29 is 4.79 Å². The van der Waals surface area contributed by atoms with Gasteiger partial charge in [-0.25, -0.2) is 9.78 Å². The van der Waals surface area contributed by atoms with E-state index in [0.29, 0.717) is 12.6 Å². The summed E-state index contributed by atoms with van der Waals surface area (Å²) in [5.74, 6) is 0. The number of hydrogen-bond acceptors (Lipinski definition) is 3. The van der Waals surface area contributed by atoms with Gasteiger partial charge in [0, 0.05) is 18.0 Å². The first-order chi connectivity index (χ1) is 8.16. The Labute approximate surface area is 106 Å². The van der Waals surface area contributed by atoms with Gasteiger partial charge in [-0.05, 0) is 33.1 Å². The highest BCUT2D eigenvalue weighted by molar-refractivity contribution is 7.09. The van der Waals surface area contributed by atoms with Gasteiger partial charge in [0.1, 0.15) is 0 Å². The van der Waals surface area contributed by atoms with Gasteiger partial charge in [0.25, 0.3) is 0 Å². The lowest BCUT2D eigenvalue weighted by Gasteiger charge is -2.33. The molecule has 1 aromatic heterocycles. The summed E-state index contributed by atoms with van der Waals surface area (Å²) in [4.78, 5) is 18.2. The molecule has 0 radical (unpaired) electrons. The second-order valence-corrected chi connectivity index (χ2v) is 5.62. The minimum Gasteiger partial charge on any atom is -0.332 e. The van der Waals surface area contributed by atoms with E-state index in [0.717, 1.165) is 30.1 Å². The summed E-state index contributed by atoms with van der Waals surface area (Å²) in [6.07, 6.45) is 3.47. The Hall–Kier alpha value is -1.10. The molecule has 1 aliphatic heterocycles. The average molecular weight is 253 g/mol. The molecule has 94 valence electrons. The third-order valence-corrected chi connectivity index (χ3v) is 3.97. The summed E-state index contributed by atoms with van der Waals surface area (Å²) in [7, 11) is 0. The SMILES string of the molecule is Cc1nc(CNC(=O)N2CCCC[C@H]2C)cs1. The monoisotopic (exact) mass is 253 g/mol. The van der Waals surface area contributed by atoms with E-state index in [9.17, 15) is 4.79 Å². The van der Waals surface area contributed by atoms with Gasteiger partial charge in [0.15, 0.2) is 0 Å². The van der Waals surface area contributed by atoms with Crippen LogP contribution < -0.4 is 5.32 Å². The number of amides is 2. The molecule has 17 heavy (non-hydrogen) atoms. The standard InChI is InChI=1S/C12H19N3OS/c1-9-5-3-4-6-15(9)12(16)13-7-11-8-17-10(2)14-11/h8-9H,3-7H2,1-2H3,(H,13,16)/t9-/m1/s1. The maximum atomic E-state index is 12.0. The van der Waals surface area contributed by atoms with Gasteiger partial charge < -0.3 is 10.2 Å². The number of hydrogen-bond donors (Lipinski definition) is 1. The van der Waals surface area contributed by atoms with Gasteiger partial charge in [-0.1, -0.05) is 0 Å². The third kappa shape index (κ3) is 3.19. The summed E-state index contributed by atoms with van der Waals surface area (Å²) in [5.41, 5.74) is 0.950. The maximum absolute atomic E-state index is 12.0. The van der Waals surface area contributed by atoms with E-state index < -0.39 is 0 Å². The van der Waals surface area contributed by atoms with E-state index in [2.05, 4.69) is 17.2 Å². The number of carbonyl (C=O) groups is 1. The van der Waals surface area contributed by atoms with Gasteiger partial charge in [-0.2, -0.15) is 0 Å². The largest absolute Gasteiger partial charge is 0.332 e. The summed E-state index contributed by atoms with van der Waals surface area (Å²) in [6, 6.07) is 0.406. The van der Waals surface area contributed by atoms with Crippen molar-refractivity contribution in [3.05, 3.63) is 16.1 Å². The molecule has 0 spiro atoms. The van der Waals surface area contributed by atoms with Crippen LogP contribution in [0.4, 0.5) is 4.79 Å².